The SMILES string of the molecule is C[C@H]1Cn2ncc(N3CC(CO[Si](C)(C)C(C)(C)C)CC3=O)c2CN1C(=O)Cc1ccc(F)c(Cl)c1. The summed E-state index contributed by atoms with van der Waals surface area (Å²) < 4.78 is 21.8. The molecule has 4 rings (SSSR count). The molecule has 0 aliphatic carbocycles. The maximum Gasteiger partial charge on any atom is 0.227 e. The zero-order valence-corrected chi connectivity index (χ0v) is 23.7. The lowest BCUT2D eigenvalue weighted by Gasteiger charge is -2.37. The summed E-state index contributed by atoms with van der Waals surface area (Å²) in [7, 11) is -1.89. The molecule has 0 radical (unpaired) electrons. The highest BCUT2D eigenvalue weighted by Crippen LogP contribution is 2.38. The van der Waals surface area contributed by atoms with Gasteiger partial charge in [0.2, 0.25) is 11.8 Å². The molecule has 2 amide bonds. The van der Waals surface area contributed by atoms with Gasteiger partial charge in [0.1, 0.15) is 5.82 Å². The van der Waals surface area contributed by atoms with E-state index in [1.165, 1.54) is 12.1 Å². The molecule has 0 spiro atoms. The number of halogens is 2. The second kappa shape index (κ2) is 9.91. The zero-order valence-electron chi connectivity index (χ0n) is 22.0. The quantitative estimate of drug-likeness (QED) is 0.488. The summed E-state index contributed by atoms with van der Waals surface area (Å²) >= 11 is 5.90. The first-order valence-corrected chi connectivity index (χ1v) is 15.8. The first kappa shape index (κ1) is 26.8. The lowest BCUT2D eigenvalue weighted by Crippen LogP contribution is -2.46. The van der Waals surface area contributed by atoms with Gasteiger partial charge in [0, 0.05) is 31.5 Å². The fourth-order valence-electron chi connectivity index (χ4n) is 4.54. The monoisotopic (exact) mass is 534 g/mol. The highest BCUT2D eigenvalue weighted by molar-refractivity contribution is 6.74. The number of benzene rings is 1. The van der Waals surface area contributed by atoms with E-state index in [4.69, 9.17) is 16.0 Å². The van der Waals surface area contributed by atoms with Gasteiger partial charge in [0.15, 0.2) is 8.32 Å². The van der Waals surface area contributed by atoms with Gasteiger partial charge in [-0.3, -0.25) is 14.3 Å². The molecule has 2 aromatic rings. The van der Waals surface area contributed by atoms with E-state index in [1.54, 1.807) is 22.1 Å². The fraction of sp³-hybridized carbons (Fsp3) is 0.577. The first-order chi connectivity index (χ1) is 16.8. The molecule has 1 saturated heterocycles. The Bertz CT molecular complexity index is 1160. The first-order valence-electron chi connectivity index (χ1n) is 12.5. The molecule has 1 aromatic heterocycles. The number of carbonyl (C=O) groups excluding carboxylic acids is 2. The number of hydrogen-bond acceptors (Lipinski definition) is 4. The molecule has 2 aliphatic rings. The van der Waals surface area contributed by atoms with E-state index in [2.05, 4.69) is 39.0 Å². The number of aromatic nitrogens is 2. The summed E-state index contributed by atoms with van der Waals surface area (Å²) in [6.45, 7) is 15.1. The van der Waals surface area contributed by atoms with Crippen molar-refractivity contribution in [3.63, 3.8) is 0 Å². The summed E-state index contributed by atoms with van der Waals surface area (Å²) in [5.74, 6) is -0.384. The molecule has 1 unspecified atom stereocenters. The predicted molar refractivity (Wildman–Crippen MR) is 141 cm³/mol. The van der Waals surface area contributed by atoms with Gasteiger partial charge in [-0.1, -0.05) is 38.4 Å². The van der Waals surface area contributed by atoms with E-state index < -0.39 is 14.1 Å². The smallest absolute Gasteiger partial charge is 0.227 e. The van der Waals surface area contributed by atoms with Crippen molar-refractivity contribution in [1.29, 1.82) is 0 Å². The van der Waals surface area contributed by atoms with Crippen molar-refractivity contribution in [2.24, 2.45) is 5.92 Å². The number of carbonyl (C=O) groups is 2. The van der Waals surface area contributed by atoms with Gasteiger partial charge in [0.05, 0.1) is 42.1 Å². The van der Waals surface area contributed by atoms with Crippen LogP contribution in [0.1, 0.15) is 45.4 Å². The highest BCUT2D eigenvalue weighted by atomic mass is 35.5. The molecular formula is C26H36ClFN4O3Si. The van der Waals surface area contributed by atoms with Crippen LogP contribution < -0.4 is 4.90 Å². The minimum absolute atomic E-state index is 0.00647. The average Bonchev–Trinajstić information content (AvgIpc) is 3.35. The fourth-order valence-corrected chi connectivity index (χ4v) is 5.83. The van der Waals surface area contributed by atoms with Crippen molar-refractivity contribution in [2.75, 3.05) is 18.1 Å². The number of hydrogen-bond donors (Lipinski definition) is 0. The van der Waals surface area contributed by atoms with Crippen molar-refractivity contribution >= 4 is 37.4 Å². The van der Waals surface area contributed by atoms with Crippen molar-refractivity contribution in [2.45, 2.75) is 77.8 Å². The summed E-state index contributed by atoms with van der Waals surface area (Å²) in [5.41, 5.74) is 2.29. The van der Waals surface area contributed by atoms with Gasteiger partial charge in [-0.05, 0) is 42.8 Å². The Kier molecular flexibility index (Phi) is 7.38. The largest absolute Gasteiger partial charge is 0.416 e. The van der Waals surface area contributed by atoms with E-state index in [0.29, 0.717) is 38.2 Å². The normalized spacial score (nSPS) is 20.7. The van der Waals surface area contributed by atoms with E-state index >= 15 is 0 Å². The summed E-state index contributed by atoms with van der Waals surface area (Å²) in [6.07, 6.45) is 2.32. The van der Waals surface area contributed by atoms with Crippen molar-refractivity contribution < 1.29 is 18.4 Å². The van der Waals surface area contributed by atoms with Crippen LogP contribution in [-0.2, 0) is 33.5 Å². The van der Waals surface area contributed by atoms with Crippen LogP contribution in [0.25, 0.3) is 0 Å². The molecular weight excluding hydrogens is 499 g/mol. The maximum absolute atomic E-state index is 13.5. The Morgan fingerprint density at radius 2 is 2.00 bits per heavy atom. The molecule has 0 N–H and O–H groups in total. The third-order valence-corrected chi connectivity index (χ3v) is 12.6. The van der Waals surface area contributed by atoms with Crippen LogP contribution in [0.2, 0.25) is 23.2 Å². The predicted octanol–water partition coefficient (Wildman–Crippen LogP) is 5.02. The Morgan fingerprint density at radius 3 is 2.67 bits per heavy atom. The van der Waals surface area contributed by atoms with Crippen LogP contribution >= 0.6 is 11.6 Å². The summed E-state index contributed by atoms with van der Waals surface area (Å²) in [6, 6.07) is 4.29. The van der Waals surface area contributed by atoms with Crippen LogP contribution in [0, 0.1) is 11.7 Å². The van der Waals surface area contributed by atoms with Gasteiger partial charge in [-0.15, -0.1) is 0 Å². The number of fused-ring (bicyclic) bond motifs is 1. The van der Waals surface area contributed by atoms with Gasteiger partial charge >= 0.3 is 0 Å². The number of rotatable bonds is 6. The molecule has 10 heteroatoms. The van der Waals surface area contributed by atoms with E-state index in [0.717, 1.165) is 11.4 Å². The van der Waals surface area contributed by atoms with Crippen molar-refractivity contribution in [3.8, 4) is 0 Å². The van der Waals surface area contributed by atoms with Crippen LogP contribution in [0.15, 0.2) is 24.4 Å². The topological polar surface area (TPSA) is 67.7 Å². The van der Waals surface area contributed by atoms with Gasteiger partial charge < -0.3 is 14.2 Å². The molecule has 3 heterocycles. The minimum atomic E-state index is -1.89. The summed E-state index contributed by atoms with van der Waals surface area (Å²) in [4.78, 5) is 29.8. The molecule has 196 valence electrons. The number of nitrogens with zero attached hydrogens (tertiary/aromatic N) is 4. The Morgan fingerprint density at radius 1 is 1.28 bits per heavy atom. The molecule has 0 saturated carbocycles. The second-order valence-electron chi connectivity index (χ2n) is 11.6. The molecule has 2 atom stereocenters. The van der Waals surface area contributed by atoms with Crippen LogP contribution in [-0.4, -0.2) is 54.0 Å². The zero-order chi connectivity index (χ0) is 26.4. The highest BCUT2D eigenvalue weighted by Gasteiger charge is 2.40. The Labute approximate surface area is 218 Å². The third kappa shape index (κ3) is 5.38. The summed E-state index contributed by atoms with van der Waals surface area (Å²) in [5, 5.41) is 4.65. The molecule has 2 aliphatic heterocycles. The second-order valence-corrected chi connectivity index (χ2v) is 16.8. The minimum Gasteiger partial charge on any atom is -0.416 e. The van der Waals surface area contributed by atoms with Gasteiger partial charge in [-0.25, -0.2) is 4.39 Å². The molecule has 7 nitrogen and oxygen atoms in total. The third-order valence-electron chi connectivity index (χ3n) is 7.86. The molecule has 1 aromatic carbocycles. The van der Waals surface area contributed by atoms with E-state index in [1.807, 2.05) is 11.6 Å². The molecule has 0 bridgehead atoms. The Balaban J connectivity index is 1.46. The Hall–Kier alpha value is -2.23. The van der Waals surface area contributed by atoms with Gasteiger partial charge in [0.25, 0.3) is 0 Å². The number of amides is 2. The van der Waals surface area contributed by atoms with Crippen molar-refractivity contribution in [1.82, 2.24) is 14.7 Å². The number of anilines is 1. The maximum atomic E-state index is 13.5. The average molecular weight is 535 g/mol. The standard InChI is InChI=1S/C26H36ClFN4O3Si/c1-17-13-32-23(15-30(17)24(33)10-18-7-8-21(28)20(27)9-18)22(12-29-32)31-14-19(11-25(31)34)16-35-36(5,6)26(2,3)4/h7-9,12,17,19H,10-11,13-16H2,1-6H3/t17-,19?/m0/s1. The van der Waals surface area contributed by atoms with E-state index in [9.17, 15) is 14.0 Å². The molecule has 36 heavy (non-hydrogen) atoms. The lowest BCUT2D eigenvalue weighted by molar-refractivity contribution is -0.134. The van der Waals surface area contributed by atoms with Gasteiger partial charge in [-0.2, -0.15) is 5.10 Å². The van der Waals surface area contributed by atoms with Crippen LogP contribution in [0.5, 0.6) is 0 Å². The molecule has 1 fully saturated rings. The lowest BCUT2D eigenvalue weighted by atomic mass is 10.1. The van der Waals surface area contributed by atoms with E-state index in [-0.39, 0.29) is 40.3 Å². The van der Waals surface area contributed by atoms with Crippen LogP contribution in [0.4, 0.5) is 10.1 Å². The van der Waals surface area contributed by atoms with Crippen LogP contribution in [0.3, 0.4) is 0 Å². The van der Waals surface area contributed by atoms with Crippen molar-refractivity contribution in [3.05, 3.63) is 46.5 Å².